The molecule has 2 N–H and O–H groups in total. The molecule has 1 atom stereocenters. The zero-order valence-electron chi connectivity index (χ0n) is 9.57. The van der Waals surface area contributed by atoms with Crippen molar-refractivity contribution >= 4 is 23.0 Å². The Bertz CT molecular complexity index is 346. The Morgan fingerprint density at radius 1 is 1.31 bits per heavy atom. The van der Waals surface area contributed by atoms with Gasteiger partial charge in [-0.2, -0.15) is 0 Å². The van der Waals surface area contributed by atoms with E-state index in [2.05, 4.69) is 17.6 Å². The quantitative estimate of drug-likeness (QED) is 0.786. The van der Waals surface area contributed by atoms with E-state index in [1.54, 1.807) is 0 Å². The van der Waals surface area contributed by atoms with Gasteiger partial charge >= 0.3 is 0 Å². The maximum absolute atomic E-state index is 5.28. The summed E-state index contributed by atoms with van der Waals surface area (Å²) in [6.07, 6.45) is 4.04. The van der Waals surface area contributed by atoms with Gasteiger partial charge in [0.1, 0.15) is 0 Å². The van der Waals surface area contributed by atoms with Crippen LogP contribution in [0.1, 0.15) is 26.2 Å². The second kappa shape index (κ2) is 5.30. The van der Waals surface area contributed by atoms with E-state index in [0.717, 1.165) is 16.7 Å². The Morgan fingerprint density at radius 2 is 2.00 bits per heavy atom. The first-order valence-corrected chi connectivity index (χ1v) is 6.29. The second-order valence-electron chi connectivity index (χ2n) is 4.44. The summed E-state index contributed by atoms with van der Waals surface area (Å²) in [7, 11) is 0. The molecule has 1 aliphatic rings. The van der Waals surface area contributed by atoms with Crippen LogP contribution in [0.15, 0.2) is 30.3 Å². The van der Waals surface area contributed by atoms with Gasteiger partial charge in [-0.05, 0) is 50.0 Å². The van der Waals surface area contributed by atoms with Crippen molar-refractivity contribution in [2.24, 2.45) is 5.92 Å². The average Bonchev–Trinajstić information content (AvgIpc) is 2.15. The summed E-state index contributed by atoms with van der Waals surface area (Å²) in [5.41, 5.74) is 1.04. The van der Waals surface area contributed by atoms with E-state index in [9.17, 15) is 0 Å². The zero-order chi connectivity index (χ0) is 11.4. The minimum Gasteiger partial charge on any atom is -0.360 e. The highest BCUT2D eigenvalue weighted by Gasteiger charge is 2.24. The summed E-state index contributed by atoms with van der Waals surface area (Å²) in [4.78, 5) is 0. The first-order chi connectivity index (χ1) is 7.75. The van der Waals surface area contributed by atoms with Crippen molar-refractivity contribution in [2.75, 3.05) is 5.32 Å². The van der Waals surface area contributed by atoms with Crippen molar-refractivity contribution in [3.63, 3.8) is 0 Å². The van der Waals surface area contributed by atoms with Crippen LogP contribution < -0.4 is 10.6 Å². The van der Waals surface area contributed by atoms with Gasteiger partial charge in [0.25, 0.3) is 0 Å². The Labute approximate surface area is 102 Å². The van der Waals surface area contributed by atoms with Crippen molar-refractivity contribution in [3.8, 4) is 0 Å². The van der Waals surface area contributed by atoms with Gasteiger partial charge in [-0.1, -0.05) is 24.6 Å². The summed E-state index contributed by atoms with van der Waals surface area (Å²) in [5.74, 6) is 0.801. The highest BCUT2D eigenvalue weighted by atomic mass is 32.1. The smallest absolute Gasteiger partial charge is 0.170 e. The van der Waals surface area contributed by atoms with E-state index in [-0.39, 0.29) is 0 Å². The fourth-order valence-corrected chi connectivity index (χ4v) is 2.26. The van der Waals surface area contributed by atoms with E-state index in [4.69, 9.17) is 12.2 Å². The molecular formula is C13H18N2S. The number of para-hydroxylation sites is 1. The van der Waals surface area contributed by atoms with Crippen molar-refractivity contribution < 1.29 is 0 Å². The molecule has 16 heavy (non-hydrogen) atoms. The number of nitrogens with one attached hydrogen (secondary N) is 2. The molecule has 0 spiro atoms. The van der Waals surface area contributed by atoms with Crippen molar-refractivity contribution in [1.29, 1.82) is 0 Å². The van der Waals surface area contributed by atoms with Crippen LogP contribution in [0.2, 0.25) is 0 Å². The molecule has 1 fully saturated rings. The first kappa shape index (κ1) is 11.4. The molecule has 1 aromatic rings. The second-order valence-corrected chi connectivity index (χ2v) is 4.85. The molecule has 0 heterocycles. The summed E-state index contributed by atoms with van der Waals surface area (Å²) < 4.78 is 0. The summed E-state index contributed by atoms with van der Waals surface area (Å²) in [5, 5.41) is 7.27. The standard InChI is InChI=1S/C13H18N2S/c1-10(11-6-5-7-11)14-13(16)15-12-8-3-2-4-9-12/h2-4,8-11H,5-7H2,1H3,(H2,14,15,16). The maximum atomic E-state index is 5.28. The maximum Gasteiger partial charge on any atom is 0.170 e. The fraction of sp³-hybridized carbons (Fsp3) is 0.462. The first-order valence-electron chi connectivity index (χ1n) is 5.88. The molecule has 1 aromatic carbocycles. The van der Waals surface area contributed by atoms with E-state index in [1.165, 1.54) is 19.3 Å². The molecule has 1 saturated carbocycles. The van der Waals surface area contributed by atoms with E-state index in [1.807, 2.05) is 30.3 Å². The number of thiocarbonyl (C=S) groups is 1. The average molecular weight is 234 g/mol. The summed E-state index contributed by atoms with van der Waals surface area (Å²) in [6, 6.07) is 10.5. The van der Waals surface area contributed by atoms with Crippen LogP contribution in [0.3, 0.4) is 0 Å². The number of rotatable bonds is 3. The molecule has 3 heteroatoms. The lowest BCUT2D eigenvalue weighted by atomic mass is 9.80. The van der Waals surface area contributed by atoms with E-state index >= 15 is 0 Å². The largest absolute Gasteiger partial charge is 0.360 e. The van der Waals surface area contributed by atoms with E-state index in [0.29, 0.717) is 6.04 Å². The van der Waals surface area contributed by atoms with Gasteiger partial charge in [0.15, 0.2) is 5.11 Å². The zero-order valence-corrected chi connectivity index (χ0v) is 10.4. The SMILES string of the molecule is CC(NC(=S)Nc1ccccc1)C1CCC1. The van der Waals surface area contributed by atoms with Gasteiger partial charge in [-0.15, -0.1) is 0 Å². The van der Waals surface area contributed by atoms with Gasteiger partial charge in [-0.25, -0.2) is 0 Å². The molecule has 0 saturated heterocycles. The predicted octanol–water partition coefficient (Wildman–Crippen LogP) is 3.16. The van der Waals surface area contributed by atoms with Crippen LogP contribution in [0, 0.1) is 5.92 Å². The number of hydrogen-bond acceptors (Lipinski definition) is 1. The van der Waals surface area contributed by atoms with E-state index < -0.39 is 0 Å². The topological polar surface area (TPSA) is 24.1 Å². The van der Waals surface area contributed by atoms with Gasteiger partial charge in [0.2, 0.25) is 0 Å². The Kier molecular flexibility index (Phi) is 3.78. The van der Waals surface area contributed by atoms with Gasteiger partial charge in [0.05, 0.1) is 0 Å². The van der Waals surface area contributed by atoms with Gasteiger partial charge in [0, 0.05) is 11.7 Å². The third kappa shape index (κ3) is 2.95. The third-order valence-electron chi connectivity index (χ3n) is 3.25. The molecule has 1 aliphatic carbocycles. The summed E-state index contributed by atoms with van der Waals surface area (Å²) in [6.45, 7) is 2.21. The fourth-order valence-electron chi connectivity index (χ4n) is 1.95. The van der Waals surface area contributed by atoms with Crippen LogP contribution in [0.5, 0.6) is 0 Å². The molecule has 0 bridgehead atoms. The van der Waals surface area contributed by atoms with Crippen molar-refractivity contribution in [2.45, 2.75) is 32.2 Å². The van der Waals surface area contributed by atoms with Crippen LogP contribution in [0.25, 0.3) is 0 Å². The molecule has 0 aromatic heterocycles. The minimum atomic E-state index is 0.484. The van der Waals surface area contributed by atoms with Gasteiger partial charge < -0.3 is 10.6 Å². The predicted molar refractivity (Wildman–Crippen MR) is 72.6 cm³/mol. The van der Waals surface area contributed by atoms with Crippen LogP contribution in [-0.2, 0) is 0 Å². The number of benzene rings is 1. The number of anilines is 1. The molecule has 2 rings (SSSR count). The molecule has 0 aliphatic heterocycles. The lowest BCUT2D eigenvalue weighted by Gasteiger charge is -2.32. The molecule has 86 valence electrons. The summed E-state index contributed by atoms with van der Waals surface area (Å²) >= 11 is 5.28. The molecule has 2 nitrogen and oxygen atoms in total. The third-order valence-corrected chi connectivity index (χ3v) is 3.47. The molecular weight excluding hydrogens is 216 g/mol. The lowest BCUT2D eigenvalue weighted by Crippen LogP contribution is -2.42. The number of hydrogen-bond donors (Lipinski definition) is 2. The minimum absolute atomic E-state index is 0.484. The van der Waals surface area contributed by atoms with Crippen molar-refractivity contribution in [3.05, 3.63) is 30.3 Å². The normalized spacial score (nSPS) is 17.3. The Hall–Kier alpha value is -1.09. The molecule has 0 amide bonds. The van der Waals surface area contributed by atoms with Crippen LogP contribution >= 0.6 is 12.2 Å². The molecule has 0 radical (unpaired) electrons. The van der Waals surface area contributed by atoms with Crippen LogP contribution in [0.4, 0.5) is 5.69 Å². The highest BCUT2D eigenvalue weighted by molar-refractivity contribution is 7.80. The lowest BCUT2D eigenvalue weighted by molar-refractivity contribution is 0.259. The Balaban J connectivity index is 1.80. The van der Waals surface area contributed by atoms with Crippen LogP contribution in [-0.4, -0.2) is 11.2 Å². The van der Waals surface area contributed by atoms with Gasteiger partial charge in [-0.3, -0.25) is 0 Å². The Morgan fingerprint density at radius 3 is 2.56 bits per heavy atom. The molecule has 1 unspecified atom stereocenters. The monoisotopic (exact) mass is 234 g/mol. The highest BCUT2D eigenvalue weighted by Crippen LogP contribution is 2.29. The van der Waals surface area contributed by atoms with Crippen molar-refractivity contribution in [1.82, 2.24) is 5.32 Å².